The maximum atomic E-state index is 11.9. The number of benzene rings is 1. The number of aliphatic hydroxyl groups is 5. The lowest BCUT2D eigenvalue weighted by atomic mass is 10.0. The number of amides is 1. The number of hydrazone groups is 1. The van der Waals surface area contributed by atoms with E-state index in [-0.39, 0.29) is 19.0 Å². The van der Waals surface area contributed by atoms with E-state index >= 15 is 0 Å². The zero-order valence-electron chi connectivity index (χ0n) is 17.2. The number of hydrogen-bond acceptors (Lipinski definition) is 12. The number of carbonyl (C=O) groups excluding carboxylic acids is 1. The second kappa shape index (κ2) is 11.3. The highest BCUT2D eigenvalue weighted by atomic mass is 16.5. The fourth-order valence-electron chi connectivity index (χ4n) is 2.71. The summed E-state index contributed by atoms with van der Waals surface area (Å²) in [4.78, 5) is 17.2. The van der Waals surface area contributed by atoms with Gasteiger partial charge in [0, 0.05) is 11.6 Å². The second-order valence-corrected chi connectivity index (χ2v) is 6.89. The van der Waals surface area contributed by atoms with Crippen LogP contribution in [0.1, 0.15) is 5.82 Å². The number of aliphatic hydroxyl groups excluding tert-OH is 5. The molecule has 3 rings (SSSR count). The van der Waals surface area contributed by atoms with Crippen molar-refractivity contribution in [3.8, 4) is 5.75 Å². The summed E-state index contributed by atoms with van der Waals surface area (Å²) in [6.45, 7) is -1.15. The Bertz CT molecular complexity index is 1090. The van der Waals surface area contributed by atoms with Crippen LogP contribution in [-0.4, -0.2) is 93.9 Å². The van der Waals surface area contributed by atoms with Crippen molar-refractivity contribution in [2.24, 2.45) is 5.10 Å². The molecule has 0 aliphatic carbocycles. The molecule has 0 saturated carbocycles. The van der Waals surface area contributed by atoms with E-state index in [2.05, 4.69) is 30.9 Å². The van der Waals surface area contributed by atoms with E-state index in [0.29, 0.717) is 11.3 Å². The minimum atomic E-state index is -1.83. The van der Waals surface area contributed by atoms with Crippen LogP contribution in [0.5, 0.6) is 5.75 Å². The maximum Gasteiger partial charge on any atom is 0.263 e. The quantitative estimate of drug-likeness (QED) is 0.128. The normalized spacial score (nSPS) is 15.3. The molecule has 14 heteroatoms. The number of para-hydroxylation sites is 1. The van der Waals surface area contributed by atoms with Crippen LogP contribution >= 0.6 is 0 Å². The molecule has 176 valence electrons. The van der Waals surface area contributed by atoms with Crippen molar-refractivity contribution < 1.29 is 35.1 Å². The van der Waals surface area contributed by atoms with Gasteiger partial charge in [0.05, 0.1) is 12.8 Å². The number of pyridine rings is 1. The highest BCUT2D eigenvalue weighted by Gasteiger charge is 2.29. The molecule has 3 aromatic rings. The summed E-state index contributed by atoms with van der Waals surface area (Å²) in [7, 11) is 0. The second-order valence-electron chi connectivity index (χ2n) is 6.89. The number of ether oxygens (including phenoxy) is 1. The number of rotatable bonds is 11. The average Bonchev–Trinajstić information content (AvgIpc) is 3.28. The van der Waals surface area contributed by atoms with Crippen LogP contribution in [-0.2, 0) is 17.9 Å². The number of carbonyl (C=O) groups is 1. The summed E-state index contributed by atoms with van der Waals surface area (Å²) >= 11 is 0. The molecule has 0 aliphatic rings. The first-order valence-electron chi connectivity index (χ1n) is 9.77. The molecular formula is C19H23N7O7. The number of nitrogens with one attached hydrogen (secondary N) is 1. The fourth-order valence-corrected chi connectivity index (χ4v) is 2.71. The van der Waals surface area contributed by atoms with E-state index in [1.807, 2.05) is 24.3 Å². The van der Waals surface area contributed by atoms with Crippen LogP contribution in [0.4, 0.5) is 0 Å². The lowest BCUT2D eigenvalue weighted by Crippen LogP contribution is -2.46. The topological polar surface area (TPSA) is 208 Å². The minimum Gasteiger partial charge on any atom is -0.483 e. The molecule has 0 radical (unpaired) electrons. The standard InChI is InChI=1S/C19H23N7O7/c27-9-13(29)19(32)18(31)12(28)7-21-23-16(30)8-26-24-15(22-25-26)10-33-14-5-1-3-11-4-2-6-20-17(11)14/h1-7,12-13,18-19,27-29,31-32H,8-10H2,(H,23,30)/b21-7+/t12-,13+,18+,19-/m0/s1. The van der Waals surface area contributed by atoms with Gasteiger partial charge in [-0.2, -0.15) is 9.90 Å². The van der Waals surface area contributed by atoms with Crippen LogP contribution in [0.3, 0.4) is 0 Å². The smallest absolute Gasteiger partial charge is 0.263 e. The molecule has 0 aliphatic heterocycles. The Morgan fingerprint density at radius 1 is 1.18 bits per heavy atom. The third-order valence-electron chi connectivity index (χ3n) is 4.43. The first-order valence-corrected chi connectivity index (χ1v) is 9.77. The zero-order chi connectivity index (χ0) is 23.8. The van der Waals surface area contributed by atoms with Crippen LogP contribution < -0.4 is 10.2 Å². The van der Waals surface area contributed by atoms with Gasteiger partial charge in [-0.25, -0.2) is 5.43 Å². The molecule has 0 unspecified atom stereocenters. The van der Waals surface area contributed by atoms with E-state index in [4.69, 9.17) is 9.84 Å². The lowest BCUT2D eigenvalue weighted by molar-refractivity contribution is -0.122. The van der Waals surface area contributed by atoms with Crippen molar-refractivity contribution in [1.82, 2.24) is 30.6 Å². The molecule has 0 saturated heterocycles. The van der Waals surface area contributed by atoms with Gasteiger partial charge in [0.2, 0.25) is 5.82 Å². The molecule has 33 heavy (non-hydrogen) atoms. The van der Waals surface area contributed by atoms with Crippen LogP contribution in [0.25, 0.3) is 10.9 Å². The molecule has 1 amide bonds. The highest BCUT2D eigenvalue weighted by Crippen LogP contribution is 2.23. The Labute approximate surface area is 186 Å². The molecule has 14 nitrogen and oxygen atoms in total. The summed E-state index contributed by atoms with van der Waals surface area (Å²) in [5.41, 5.74) is 2.77. The van der Waals surface area contributed by atoms with Gasteiger partial charge in [-0.15, -0.1) is 10.2 Å². The van der Waals surface area contributed by atoms with Gasteiger partial charge in [-0.3, -0.25) is 9.78 Å². The van der Waals surface area contributed by atoms with E-state index in [0.717, 1.165) is 16.4 Å². The summed E-state index contributed by atoms with van der Waals surface area (Å²) < 4.78 is 5.71. The molecule has 4 atom stereocenters. The monoisotopic (exact) mass is 461 g/mol. The van der Waals surface area contributed by atoms with Gasteiger partial charge in [-0.05, 0) is 17.3 Å². The Kier molecular flexibility index (Phi) is 8.28. The number of aromatic nitrogens is 5. The number of tetrazole rings is 1. The summed E-state index contributed by atoms with van der Waals surface area (Å²) in [5.74, 6) is 0.120. The maximum absolute atomic E-state index is 11.9. The van der Waals surface area contributed by atoms with Crippen molar-refractivity contribution in [2.45, 2.75) is 37.6 Å². The first-order chi connectivity index (χ1) is 15.9. The molecule has 0 fully saturated rings. The first kappa shape index (κ1) is 24.1. The number of hydrogen-bond donors (Lipinski definition) is 6. The third kappa shape index (κ3) is 6.47. The van der Waals surface area contributed by atoms with Gasteiger partial charge in [0.1, 0.15) is 42.2 Å². The Hall–Kier alpha value is -3.56. The Morgan fingerprint density at radius 2 is 1.97 bits per heavy atom. The predicted octanol–water partition coefficient (Wildman–Crippen LogP) is -2.66. The Balaban J connectivity index is 1.48. The van der Waals surface area contributed by atoms with Crippen LogP contribution in [0.2, 0.25) is 0 Å². The zero-order valence-corrected chi connectivity index (χ0v) is 17.2. The number of nitrogens with zero attached hydrogens (tertiary/aromatic N) is 6. The van der Waals surface area contributed by atoms with Gasteiger partial charge in [0.15, 0.2) is 6.61 Å². The SMILES string of the molecule is O=C(Cn1nnc(COc2cccc3cccnc23)n1)N/N=C/[C@H](O)[C@@H](O)[C@@H](O)[C@H](O)CO. The van der Waals surface area contributed by atoms with E-state index < -0.39 is 36.9 Å². The van der Waals surface area contributed by atoms with Crippen LogP contribution in [0.15, 0.2) is 41.6 Å². The highest BCUT2D eigenvalue weighted by molar-refractivity contribution is 5.84. The fraction of sp³-hybridized carbons (Fsp3) is 0.368. The summed E-state index contributed by atoms with van der Waals surface area (Å²) in [6.07, 6.45) is -4.58. The largest absolute Gasteiger partial charge is 0.483 e. The van der Waals surface area contributed by atoms with Crippen molar-refractivity contribution >= 4 is 23.0 Å². The van der Waals surface area contributed by atoms with Crippen LogP contribution in [0, 0.1) is 0 Å². The molecule has 1 aromatic carbocycles. The van der Waals surface area contributed by atoms with E-state index in [1.54, 1.807) is 12.3 Å². The summed E-state index contributed by atoms with van der Waals surface area (Å²) in [5, 5.41) is 62.8. The lowest BCUT2D eigenvalue weighted by Gasteiger charge is -2.23. The van der Waals surface area contributed by atoms with Crippen molar-refractivity contribution in [3.63, 3.8) is 0 Å². The molecule has 6 N–H and O–H groups in total. The molecule has 2 aromatic heterocycles. The summed E-state index contributed by atoms with van der Waals surface area (Å²) in [6, 6.07) is 9.23. The van der Waals surface area contributed by atoms with E-state index in [1.165, 1.54) is 0 Å². The van der Waals surface area contributed by atoms with Crippen molar-refractivity contribution in [1.29, 1.82) is 0 Å². The molecule has 0 spiro atoms. The average molecular weight is 461 g/mol. The van der Waals surface area contributed by atoms with Crippen molar-refractivity contribution in [2.75, 3.05) is 6.61 Å². The minimum absolute atomic E-state index is 0.00155. The Morgan fingerprint density at radius 3 is 2.76 bits per heavy atom. The van der Waals surface area contributed by atoms with Crippen molar-refractivity contribution in [3.05, 3.63) is 42.4 Å². The third-order valence-corrected chi connectivity index (χ3v) is 4.43. The van der Waals surface area contributed by atoms with Gasteiger partial charge in [0.25, 0.3) is 5.91 Å². The van der Waals surface area contributed by atoms with E-state index in [9.17, 15) is 25.2 Å². The van der Waals surface area contributed by atoms with Gasteiger partial charge in [-0.1, -0.05) is 18.2 Å². The van der Waals surface area contributed by atoms with Gasteiger partial charge < -0.3 is 30.3 Å². The van der Waals surface area contributed by atoms with Gasteiger partial charge >= 0.3 is 0 Å². The molecule has 2 heterocycles. The predicted molar refractivity (Wildman–Crippen MR) is 112 cm³/mol. The molecular weight excluding hydrogens is 438 g/mol. The number of fused-ring (bicyclic) bond motifs is 1. The molecule has 0 bridgehead atoms.